The van der Waals surface area contributed by atoms with Crippen LogP contribution in [0.25, 0.3) is 33.4 Å². The molecule has 0 spiro atoms. The average molecular weight is 1190 g/mol. The SMILES string of the molecule is CO[C@H]1C[C@@H]2CC[C@@H](C)[C@@](O)(O2)C(=O)C(=O)N2CCCC[C@H]2C(=O)O[C@H]([C@H](C)C[C@@H]2CC[C@@H](C[B]n3nc(-c4ccc5oc(N)nc5c4)c4c(N)ncnc43)[C@H](OC)C2)CC(=O)[C@H](C)/C=C(\C)[C@@H](O)[C@@H](OC)C(=O)[C@H](C)C[C@H](C)/C=C/C=CC=C1C. The van der Waals surface area contributed by atoms with E-state index in [1.807, 2.05) is 77.6 Å². The van der Waals surface area contributed by atoms with Gasteiger partial charge in [-0.1, -0.05) is 83.8 Å². The summed E-state index contributed by atoms with van der Waals surface area (Å²) in [5.41, 5.74) is 16.5. The van der Waals surface area contributed by atoms with E-state index in [0.29, 0.717) is 91.1 Å². The molecule has 22 heteroatoms. The van der Waals surface area contributed by atoms with Gasteiger partial charge in [-0.15, -0.1) is 0 Å². The van der Waals surface area contributed by atoms with Gasteiger partial charge in [-0.3, -0.25) is 19.2 Å². The molecule has 1 amide bonds. The van der Waals surface area contributed by atoms with Gasteiger partial charge in [0.1, 0.15) is 53.5 Å². The standard InChI is InChI=1S/C64H88BN8O13/c1-35-16-12-11-13-17-36(2)50(81-8)31-45-23-19-41(7)64(80,86-45)58(77)61(78)72-25-15-14-18-47(72)62(79)84-51(32-48(74)37(3)27-40(6)56(76)57(83-10)55(75)39(5)26-35)38(4)28-42-20-21-44(52(29-42)82-9)33-65-73-60-53(59(66)68-34-69-60)54(71-73)43-22-24-49-46(30-43)70-63(67)85-49/h11-13,16-17,22,24,27,30,34-35,37-39,41-42,44-45,47,50-52,56-57,76,80H,14-15,18-21,23,25-26,28-29,31-33H2,1-10H3,(H2,67,70)(H2,66,68,69)/b13-11?,16-12+,36-17?,40-27+/t35-,37-,38-,39-,41-,42+,44+,45+,47+,50+,51+,52-,56-,57+,64-/m1/s1. The predicted octanol–water partition coefficient (Wildman–Crippen LogP) is 8.13. The third kappa shape index (κ3) is 15.1. The number of benzene rings is 1. The maximum absolute atomic E-state index is 14.8. The molecule has 2 bridgehead atoms. The lowest BCUT2D eigenvalue weighted by atomic mass is 9.68. The molecule has 1 aliphatic carbocycles. The smallest absolute Gasteiger partial charge is 0.329 e. The first-order chi connectivity index (χ1) is 41.0. The Labute approximate surface area is 505 Å². The van der Waals surface area contributed by atoms with E-state index in [1.165, 1.54) is 18.3 Å². The van der Waals surface area contributed by atoms with Crippen molar-refractivity contribution >= 4 is 70.6 Å². The molecule has 6 heterocycles. The number of aliphatic hydroxyl groups is 2. The second-order valence-electron chi connectivity index (χ2n) is 24.7. The van der Waals surface area contributed by atoms with Crippen LogP contribution in [0, 0.1) is 41.4 Å². The van der Waals surface area contributed by atoms with E-state index in [-0.39, 0.29) is 72.6 Å². The Bertz CT molecular complexity index is 3190. The number of allylic oxidation sites excluding steroid dienone is 6. The van der Waals surface area contributed by atoms with Gasteiger partial charge in [0.15, 0.2) is 17.0 Å². The van der Waals surface area contributed by atoms with E-state index in [0.717, 1.165) is 24.0 Å². The summed E-state index contributed by atoms with van der Waals surface area (Å²) in [5.74, 6) is -7.84. The Kier molecular flexibility index (Phi) is 22.1. The number of cyclic esters (lactones) is 1. The fourth-order valence-corrected chi connectivity index (χ4v) is 13.2. The molecule has 8 rings (SSSR count). The van der Waals surface area contributed by atoms with Crippen LogP contribution < -0.4 is 11.5 Å². The molecule has 1 aromatic carbocycles. The summed E-state index contributed by atoms with van der Waals surface area (Å²) in [5, 5.41) is 29.3. The van der Waals surface area contributed by atoms with Crippen LogP contribution in [-0.4, -0.2) is 153 Å². The second-order valence-corrected chi connectivity index (χ2v) is 24.7. The van der Waals surface area contributed by atoms with Crippen LogP contribution in [-0.2, 0) is 47.7 Å². The van der Waals surface area contributed by atoms with Crippen molar-refractivity contribution in [2.75, 3.05) is 39.3 Å². The van der Waals surface area contributed by atoms with Crippen LogP contribution in [0.5, 0.6) is 0 Å². The van der Waals surface area contributed by atoms with Crippen LogP contribution >= 0.6 is 0 Å². The number of fused-ring (bicyclic) bond motifs is 5. The van der Waals surface area contributed by atoms with Gasteiger partial charge in [0.05, 0.1) is 23.7 Å². The highest BCUT2D eigenvalue weighted by molar-refractivity contribution is 6.39. The molecule has 465 valence electrons. The third-order valence-corrected chi connectivity index (χ3v) is 18.4. The molecule has 1 radical (unpaired) electrons. The highest BCUT2D eigenvalue weighted by Crippen LogP contribution is 2.40. The third-order valence-electron chi connectivity index (χ3n) is 18.4. The lowest BCUT2D eigenvalue weighted by Gasteiger charge is -2.42. The zero-order valence-electron chi connectivity index (χ0n) is 51.6. The number of methoxy groups -OCH3 is 3. The number of esters is 1. The molecule has 6 N–H and O–H groups in total. The van der Waals surface area contributed by atoms with Crippen molar-refractivity contribution in [3.63, 3.8) is 0 Å². The van der Waals surface area contributed by atoms with Crippen LogP contribution in [0.15, 0.2) is 76.5 Å². The number of aromatic nitrogens is 5. The molecule has 4 aliphatic rings. The summed E-state index contributed by atoms with van der Waals surface area (Å²) in [6.07, 6.45) is 14.1. The maximum Gasteiger partial charge on any atom is 0.329 e. The molecule has 15 atom stereocenters. The highest BCUT2D eigenvalue weighted by Gasteiger charge is 2.53. The Balaban J connectivity index is 1.02. The summed E-state index contributed by atoms with van der Waals surface area (Å²) < 4.78 is 37.6. The number of nitrogens with two attached hydrogens (primary N) is 2. The number of hydrogen-bond acceptors (Lipinski definition) is 19. The number of aliphatic hydroxyl groups excluding tert-OH is 1. The number of ether oxygens (including phenoxy) is 5. The topological polar surface area (TPSA) is 297 Å². The minimum absolute atomic E-state index is 0.00191. The lowest BCUT2D eigenvalue weighted by Crippen LogP contribution is -2.61. The van der Waals surface area contributed by atoms with E-state index >= 15 is 0 Å². The predicted molar refractivity (Wildman–Crippen MR) is 326 cm³/mol. The number of carbonyl (C=O) groups is 5. The van der Waals surface area contributed by atoms with Gasteiger partial charge in [-0.05, 0) is 125 Å². The summed E-state index contributed by atoms with van der Waals surface area (Å²) in [7, 11) is 6.64. The number of Topliss-reactive ketones (excluding diaryl/α,β-unsaturated/α-hetero) is 3. The number of hydrogen-bond donors (Lipinski definition) is 4. The number of amides is 1. The van der Waals surface area contributed by atoms with Crippen molar-refractivity contribution in [3.8, 4) is 11.3 Å². The molecule has 1 saturated carbocycles. The van der Waals surface area contributed by atoms with Crippen LogP contribution in [0.2, 0.25) is 6.32 Å². The van der Waals surface area contributed by atoms with Gasteiger partial charge in [0.2, 0.25) is 5.79 Å². The van der Waals surface area contributed by atoms with Crippen molar-refractivity contribution in [2.24, 2.45) is 41.4 Å². The largest absolute Gasteiger partial charge is 0.460 e. The minimum Gasteiger partial charge on any atom is -0.460 e. The number of carbonyl (C=O) groups excluding carboxylic acids is 5. The van der Waals surface area contributed by atoms with Crippen molar-refractivity contribution in [1.82, 2.24) is 29.5 Å². The molecular weight excluding hydrogens is 1100 g/mol. The first-order valence-corrected chi connectivity index (χ1v) is 30.5. The van der Waals surface area contributed by atoms with Gasteiger partial charge in [-0.2, -0.15) is 10.1 Å². The Morgan fingerprint density at radius 1 is 0.895 bits per heavy atom. The second kappa shape index (κ2) is 29.1. The molecule has 21 nitrogen and oxygen atoms in total. The number of piperidine rings is 1. The van der Waals surface area contributed by atoms with Gasteiger partial charge >= 0.3 is 5.97 Å². The van der Waals surface area contributed by atoms with E-state index in [1.54, 1.807) is 51.7 Å². The molecule has 3 aliphatic heterocycles. The minimum atomic E-state index is -2.46. The molecule has 3 fully saturated rings. The Morgan fingerprint density at radius 2 is 1.67 bits per heavy atom. The summed E-state index contributed by atoms with van der Waals surface area (Å²) in [6, 6.07) is 4.34. The Morgan fingerprint density at radius 3 is 2.42 bits per heavy atom. The van der Waals surface area contributed by atoms with Gasteiger partial charge in [0, 0.05) is 64.0 Å². The fraction of sp³-hybridized carbons (Fsp3) is 0.609. The summed E-state index contributed by atoms with van der Waals surface area (Å²) >= 11 is 0. The summed E-state index contributed by atoms with van der Waals surface area (Å²) in [6.45, 7) is 12.8. The molecule has 2 saturated heterocycles. The first kappa shape index (κ1) is 65.5. The number of anilines is 2. The van der Waals surface area contributed by atoms with E-state index in [4.69, 9.17) is 44.7 Å². The van der Waals surface area contributed by atoms with Crippen molar-refractivity contribution < 1.29 is 62.3 Å². The zero-order chi connectivity index (χ0) is 62.1. The average Bonchev–Trinajstić information content (AvgIpc) is 1.56. The number of oxazole rings is 1. The highest BCUT2D eigenvalue weighted by atomic mass is 16.6. The van der Waals surface area contributed by atoms with E-state index < -0.39 is 77.8 Å². The molecule has 4 aromatic rings. The molecule has 0 unspecified atom stereocenters. The van der Waals surface area contributed by atoms with Gasteiger partial charge in [-0.25, -0.2) is 14.8 Å². The van der Waals surface area contributed by atoms with Crippen molar-refractivity contribution in [2.45, 2.75) is 180 Å². The zero-order valence-corrected chi connectivity index (χ0v) is 51.6. The summed E-state index contributed by atoms with van der Waals surface area (Å²) in [4.78, 5) is 86.5. The number of nitrogen functional groups attached to an aromatic ring is 2. The van der Waals surface area contributed by atoms with Crippen molar-refractivity contribution in [1.29, 1.82) is 0 Å². The van der Waals surface area contributed by atoms with Crippen LogP contribution in [0.1, 0.15) is 126 Å². The lowest BCUT2D eigenvalue weighted by molar-refractivity contribution is -0.265. The van der Waals surface area contributed by atoms with E-state index in [9.17, 15) is 34.2 Å². The molecular formula is C64H88BN8O13. The van der Waals surface area contributed by atoms with Crippen LogP contribution in [0.3, 0.4) is 0 Å². The number of ketones is 3. The number of rotatable bonds is 10. The maximum atomic E-state index is 14.8. The normalized spacial score (nSPS) is 32.5. The monoisotopic (exact) mass is 1190 g/mol. The first-order valence-electron chi connectivity index (χ1n) is 30.5. The number of nitrogens with zero attached hydrogens (tertiary/aromatic N) is 6. The molecule has 86 heavy (non-hydrogen) atoms. The fourth-order valence-electron chi connectivity index (χ4n) is 13.2. The Hall–Kier alpha value is -6.43. The van der Waals surface area contributed by atoms with Crippen LogP contribution in [0.4, 0.5) is 11.8 Å². The molecule has 3 aromatic heterocycles. The van der Waals surface area contributed by atoms with Gasteiger partial charge in [0.25, 0.3) is 25.1 Å². The van der Waals surface area contributed by atoms with Gasteiger partial charge < -0.3 is 59.3 Å². The van der Waals surface area contributed by atoms with Crippen molar-refractivity contribution in [3.05, 3.63) is 72.1 Å². The quantitative estimate of drug-likeness (QED) is 0.0504. The van der Waals surface area contributed by atoms with E-state index in [2.05, 4.69) is 15.0 Å².